The Morgan fingerprint density at radius 3 is 2.31 bits per heavy atom. The summed E-state index contributed by atoms with van der Waals surface area (Å²) < 4.78 is 7.27. The maximum absolute atomic E-state index is 12.4. The summed E-state index contributed by atoms with van der Waals surface area (Å²) in [6.45, 7) is 11.7. The minimum Gasteiger partial charge on any atom is -0.444 e. The van der Waals surface area contributed by atoms with Gasteiger partial charge in [-0.25, -0.2) is 9.78 Å². The molecule has 4 aromatic rings. The number of amides is 2. The van der Waals surface area contributed by atoms with Crippen molar-refractivity contribution in [3.05, 3.63) is 66.4 Å². The maximum atomic E-state index is 12.4. The second-order valence-electron chi connectivity index (χ2n) is 10.7. The third kappa shape index (κ3) is 5.62. The highest BCUT2D eigenvalue weighted by Gasteiger charge is 2.17. The molecule has 2 amide bonds. The van der Waals surface area contributed by atoms with Gasteiger partial charge in [-0.3, -0.25) is 4.79 Å². The number of nitrogens with one attached hydrogen (secondary N) is 2. The fraction of sp³-hybridized carbons (Fsp3) is 0.321. The van der Waals surface area contributed by atoms with E-state index in [1.807, 2.05) is 30.5 Å². The number of hydrogen-bond donors (Lipinski definition) is 2. The van der Waals surface area contributed by atoms with Crippen LogP contribution in [0.3, 0.4) is 0 Å². The number of fused-ring (bicyclic) bond motifs is 3. The SMILES string of the molecule is CC(C)(C)OC(=O)NCC(=O)Nc1ccc2c(c1)nc(-c1ccc(C(C)(C)C)cc1)c1cccn12. The van der Waals surface area contributed by atoms with Crippen molar-refractivity contribution < 1.29 is 14.3 Å². The molecular formula is C28H32N4O3. The van der Waals surface area contributed by atoms with Gasteiger partial charge in [0.2, 0.25) is 5.91 Å². The topological polar surface area (TPSA) is 84.7 Å². The predicted octanol–water partition coefficient (Wildman–Crippen LogP) is 5.92. The summed E-state index contributed by atoms with van der Waals surface area (Å²) in [6, 6.07) is 18.2. The number of benzene rings is 2. The quantitative estimate of drug-likeness (QED) is 0.386. The zero-order chi connectivity index (χ0) is 25.4. The Hall–Kier alpha value is -3.87. The highest BCUT2D eigenvalue weighted by molar-refractivity contribution is 5.96. The highest BCUT2D eigenvalue weighted by Crippen LogP contribution is 2.30. The van der Waals surface area contributed by atoms with Crippen LogP contribution in [-0.2, 0) is 14.9 Å². The van der Waals surface area contributed by atoms with Crippen LogP contribution >= 0.6 is 0 Å². The van der Waals surface area contributed by atoms with E-state index < -0.39 is 11.7 Å². The Labute approximate surface area is 205 Å². The molecule has 2 aromatic heterocycles. The van der Waals surface area contributed by atoms with Crippen molar-refractivity contribution in [2.75, 3.05) is 11.9 Å². The van der Waals surface area contributed by atoms with Crippen molar-refractivity contribution >= 4 is 34.2 Å². The van der Waals surface area contributed by atoms with Crippen LogP contribution in [0.1, 0.15) is 47.1 Å². The number of carbonyl (C=O) groups is 2. The molecule has 0 fully saturated rings. The average molecular weight is 473 g/mol. The molecule has 0 atom stereocenters. The highest BCUT2D eigenvalue weighted by atomic mass is 16.6. The fourth-order valence-electron chi connectivity index (χ4n) is 3.87. The van der Waals surface area contributed by atoms with Crippen LogP contribution in [-0.4, -0.2) is 33.5 Å². The van der Waals surface area contributed by atoms with Gasteiger partial charge in [-0.15, -0.1) is 0 Å². The van der Waals surface area contributed by atoms with Crippen LogP contribution in [0.15, 0.2) is 60.8 Å². The molecule has 0 spiro atoms. The van der Waals surface area contributed by atoms with E-state index in [4.69, 9.17) is 9.72 Å². The van der Waals surface area contributed by atoms with Gasteiger partial charge in [0, 0.05) is 17.4 Å². The van der Waals surface area contributed by atoms with Gasteiger partial charge in [0.25, 0.3) is 0 Å². The zero-order valence-electron chi connectivity index (χ0n) is 21.1. The third-order valence-corrected chi connectivity index (χ3v) is 5.56. The van der Waals surface area contributed by atoms with Gasteiger partial charge >= 0.3 is 6.09 Å². The summed E-state index contributed by atoms with van der Waals surface area (Å²) in [6.07, 6.45) is 1.37. The smallest absolute Gasteiger partial charge is 0.408 e. The van der Waals surface area contributed by atoms with Crippen LogP contribution in [0.4, 0.5) is 10.5 Å². The second kappa shape index (κ2) is 9.06. The molecule has 0 aliphatic rings. The minimum absolute atomic E-state index is 0.0746. The molecule has 2 aromatic carbocycles. The summed E-state index contributed by atoms with van der Waals surface area (Å²) in [4.78, 5) is 29.2. The summed E-state index contributed by atoms with van der Waals surface area (Å²) in [5, 5.41) is 5.29. The van der Waals surface area contributed by atoms with Gasteiger partial charge in [-0.2, -0.15) is 0 Å². The largest absolute Gasteiger partial charge is 0.444 e. The lowest BCUT2D eigenvalue weighted by Gasteiger charge is -2.19. The van der Waals surface area contributed by atoms with Crippen LogP contribution < -0.4 is 10.6 Å². The average Bonchev–Trinajstić information content (AvgIpc) is 3.25. The summed E-state index contributed by atoms with van der Waals surface area (Å²) >= 11 is 0. The van der Waals surface area contributed by atoms with E-state index >= 15 is 0 Å². The molecule has 0 unspecified atom stereocenters. The van der Waals surface area contributed by atoms with E-state index in [2.05, 4.69) is 66.1 Å². The molecule has 2 heterocycles. The molecule has 4 rings (SSSR count). The van der Waals surface area contributed by atoms with Gasteiger partial charge < -0.3 is 19.8 Å². The van der Waals surface area contributed by atoms with Gasteiger partial charge in [-0.05, 0) is 62.1 Å². The van der Waals surface area contributed by atoms with Crippen LogP contribution in [0.5, 0.6) is 0 Å². The van der Waals surface area contributed by atoms with Crippen LogP contribution in [0.2, 0.25) is 0 Å². The summed E-state index contributed by atoms with van der Waals surface area (Å²) in [5.74, 6) is -0.352. The monoisotopic (exact) mass is 472 g/mol. The van der Waals surface area contributed by atoms with E-state index in [0.717, 1.165) is 27.8 Å². The van der Waals surface area contributed by atoms with Crippen molar-refractivity contribution in [3.8, 4) is 11.3 Å². The van der Waals surface area contributed by atoms with Crippen LogP contribution in [0.25, 0.3) is 27.8 Å². The van der Waals surface area contributed by atoms with Crippen molar-refractivity contribution in [1.82, 2.24) is 14.7 Å². The molecule has 7 heteroatoms. The number of anilines is 1. The number of hydrogen-bond acceptors (Lipinski definition) is 4. The van der Waals surface area contributed by atoms with Crippen LogP contribution in [0, 0.1) is 0 Å². The first-order valence-electron chi connectivity index (χ1n) is 11.7. The Kier molecular flexibility index (Phi) is 6.28. The number of ether oxygens (including phenoxy) is 1. The van der Waals surface area contributed by atoms with Crippen molar-refractivity contribution in [2.24, 2.45) is 0 Å². The van der Waals surface area contributed by atoms with E-state index in [0.29, 0.717) is 5.69 Å². The van der Waals surface area contributed by atoms with Gasteiger partial charge in [-0.1, -0.05) is 45.0 Å². The van der Waals surface area contributed by atoms with Gasteiger partial charge in [0.05, 0.1) is 22.2 Å². The molecule has 0 saturated carbocycles. The first kappa shape index (κ1) is 24.3. The predicted molar refractivity (Wildman–Crippen MR) is 140 cm³/mol. The number of carbonyl (C=O) groups excluding carboxylic acids is 2. The first-order chi connectivity index (χ1) is 16.4. The Morgan fingerprint density at radius 1 is 0.943 bits per heavy atom. The van der Waals surface area contributed by atoms with E-state index in [1.54, 1.807) is 20.8 Å². The minimum atomic E-state index is -0.634. The van der Waals surface area contributed by atoms with Crippen molar-refractivity contribution in [2.45, 2.75) is 52.6 Å². The first-order valence-corrected chi connectivity index (χ1v) is 11.7. The number of rotatable bonds is 4. The Morgan fingerprint density at radius 2 is 1.66 bits per heavy atom. The fourth-order valence-corrected chi connectivity index (χ4v) is 3.87. The Bertz CT molecular complexity index is 1390. The normalized spacial score (nSPS) is 12.1. The standard InChI is InChI=1S/C28H32N4O3/c1-27(2,3)19-11-9-18(10-12-19)25-23-8-7-15-32(23)22-14-13-20(16-21(22)31-25)30-24(33)17-29-26(34)35-28(4,5)6/h7-16H,17H2,1-6H3,(H,29,34)(H,30,33). The lowest BCUT2D eigenvalue weighted by molar-refractivity contribution is -0.115. The van der Waals surface area contributed by atoms with Crippen molar-refractivity contribution in [1.29, 1.82) is 0 Å². The maximum Gasteiger partial charge on any atom is 0.408 e. The molecule has 7 nitrogen and oxygen atoms in total. The molecule has 0 saturated heterocycles. The molecule has 35 heavy (non-hydrogen) atoms. The molecule has 0 aliphatic carbocycles. The number of alkyl carbamates (subject to hydrolysis) is 1. The number of nitrogens with zero attached hydrogens (tertiary/aromatic N) is 2. The number of aromatic nitrogens is 2. The van der Waals surface area contributed by atoms with E-state index in [1.165, 1.54) is 5.56 Å². The van der Waals surface area contributed by atoms with E-state index in [9.17, 15) is 9.59 Å². The van der Waals surface area contributed by atoms with Gasteiger partial charge in [0.15, 0.2) is 0 Å². The molecule has 0 aliphatic heterocycles. The summed E-state index contributed by atoms with van der Waals surface area (Å²) in [5.41, 5.74) is 5.91. The second-order valence-corrected chi connectivity index (χ2v) is 10.7. The lowest BCUT2D eigenvalue weighted by Crippen LogP contribution is -2.37. The summed E-state index contributed by atoms with van der Waals surface area (Å²) in [7, 11) is 0. The van der Waals surface area contributed by atoms with E-state index in [-0.39, 0.29) is 17.9 Å². The lowest BCUT2D eigenvalue weighted by atomic mass is 9.86. The molecule has 2 N–H and O–H groups in total. The van der Waals surface area contributed by atoms with Crippen molar-refractivity contribution in [3.63, 3.8) is 0 Å². The van der Waals surface area contributed by atoms with Gasteiger partial charge in [0.1, 0.15) is 12.1 Å². The molecule has 182 valence electrons. The third-order valence-electron chi connectivity index (χ3n) is 5.56. The zero-order valence-corrected chi connectivity index (χ0v) is 21.1. The molecular weight excluding hydrogens is 440 g/mol. The molecule has 0 radical (unpaired) electrons. The Balaban J connectivity index is 1.60. The molecule has 0 bridgehead atoms.